The minimum atomic E-state index is -0.449. The number of nitrogen functional groups attached to an aromatic ring is 1. The van der Waals surface area contributed by atoms with Gasteiger partial charge in [-0.1, -0.05) is 11.6 Å². The van der Waals surface area contributed by atoms with Gasteiger partial charge in [-0.15, -0.1) is 0 Å². The van der Waals surface area contributed by atoms with Crippen molar-refractivity contribution in [2.24, 2.45) is 0 Å². The molecule has 2 rings (SSSR count). The summed E-state index contributed by atoms with van der Waals surface area (Å²) < 4.78 is 12.1. The number of aromatic nitrogens is 2. The fourth-order valence-corrected chi connectivity index (χ4v) is 2.20. The Bertz CT molecular complexity index is 576. The molecule has 1 aromatic heterocycles. The first kappa shape index (κ1) is 17.2. The van der Waals surface area contributed by atoms with Gasteiger partial charge in [0.2, 0.25) is 0 Å². The molecule has 0 spiro atoms. The Labute approximate surface area is 136 Å². The molecular formula is C14H22BClN4O2. The second-order valence-electron chi connectivity index (χ2n) is 6.31. The average Bonchev–Trinajstić information content (AvgIpc) is 2.62. The Morgan fingerprint density at radius 3 is 2.45 bits per heavy atom. The Morgan fingerprint density at radius 1 is 1.36 bits per heavy atom. The van der Waals surface area contributed by atoms with Gasteiger partial charge in [-0.3, -0.25) is 0 Å². The van der Waals surface area contributed by atoms with Crippen LogP contribution in [0.2, 0.25) is 5.15 Å². The monoisotopic (exact) mass is 324 g/mol. The molecule has 0 radical (unpaired) electrons. The summed E-state index contributed by atoms with van der Waals surface area (Å²) in [6.07, 6.45) is 3.43. The highest BCUT2D eigenvalue weighted by Crippen LogP contribution is 2.38. The first-order chi connectivity index (χ1) is 10.2. The van der Waals surface area contributed by atoms with Crippen molar-refractivity contribution in [1.82, 2.24) is 15.3 Å². The van der Waals surface area contributed by atoms with E-state index in [0.29, 0.717) is 12.2 Å². The van der Waals surface area contributed by atoms with Crippen LogP contribution in [0.15, 0.2) is 11.7 Å². The van der Waals surface area contributed by atoms with Crippen LogP contribution >= 0.6 is 11.6 Å². The van der Waals surface area contributed by atoms with Gasteiger partial charge >= 0.3 is 7.12 Å². The van der Waals surface area contributed by atoms with Crippen molar-refractivity contribution in [3.8, 4) is 0 Å². The molecule has 3 N–H and O–H groups in total. The first-order valence-corrected chi connectivity index (χ1v) is 7.53. The van der Waals surface area contributed by atoms with Crippen LogP contribution in [0, 0.1) is 0 Å². The zero-order valence-corrected chi connectivity index (χ0v) is 14.4. The summed E-state index contributed by atoms with van der Waals surface area (Å²) in [5.41, 5.74) is 6.32. The first-order valence-electron chi connectivity index (χ1n) is 7.15. The lowest BCUT2D eigenvalue weighted by molar-refractivity contribution is 0.00578. The molecule has 6 nitrogen and oxygen atoms in total. The molecule has 0 amide bonds. The third-order valence-electron chi connectivity index (χ3n) is 4.04. The van der Waals surface area contributed by atoms with Crippen molar-refractivity contribution in [3.63, 3.8) is 0 Å². The molecule has 1 aromatic rings. The fourth-order valence-electron chi connectivity index (χ4n) is 2.05. The Hall–Kier alpha value is -1.15. The number of anilines is 1. The average molecular weight is 325 g/mol. The van der Waals surface area contributed by atoms with Crippen molar-refractivity contribution in [3.05, 3.63) is 22.5 Å². The van der Waals surface area contributed by atoms with Gasteiger partial charge in [0.05, 0.1) is 23.1 Å². The van der Waals surface area contributed by atoms with Crippen LogP contribution in [0.25, 0.3) is 6.08 Å². The third-order valence-corrected chi connectivity index (χ3v) is 4.32. The summed E-state index contributed by atoms with van der Waals surface area (Å²) in [4.78, 5) is 8.21. The van der Waals surface area contributed by atoms with Crippen molar-refractivity contribution in [1.29, 1.82) is 0 Å². The standard InChI is InChI=1S/C14H22BClN4O2/c1-13(2)14(3,4)22-15(21-13)9(7-18-5)6-10-8-19-12(17)11(16)20-10/h6,8,18H,7H2,1-5H3,(H2,17,19). The van der Waals surface area contributed by atoms with E-state index in [0.717, 1.165) is 5.47 Å². The van der Waals surface area contributed by atoms with Crippen LogP contribution in [-0.2, 0) is 9.31 Å². The highest BCUT2D eigenvalue weighted by atomic mass is 35.5. The Kier molecular flexibility index (Phi) is 4.82. The van der Waals surface area contributed by atoms with Gasteiger partial charge in [0, 0.05) is 6.54 Å². The number of nitrogens with two attached hydrogens (primary N) is 1. The number of likely N-dealkylation sites (N-methyl/N-ethyl adjacent to an activating group) is 1. The number of hydrogen-bond donors (Lipinski definition) is 2. The number of halogens is 1. The highest BCUT2D eigenvalue weighted by Gasteiger charge is 2.52. The van der Waals surface area contributed by atoms with Crippen LogP contribution in [-0.4, -0.2) is 41.9 Å². The fraction of sp³-hybridized carbons (Fsp3) is 0.571. The van der Waals surface area contributed by atoms with E-state index in [4.69, 9.17) is 26.6 Å². The van der Waals surface area contributed by atoms with Gasteiger partial charge in [-0.2, -0.15) is 0 Å². The van der Waals surface area contributed by atoms with E-state index in [9.17, 15) is 0 Å². The van der Waals surface area contributed by atoms with E-state index < -0.39 is 18.3 Å². The van der Waals surface area contributed by atoms with Gasteiger partial charge in [0.1, 0.15) is 0 Å². The van der Waals surface area contributed by atoms with E-state index in [-0.39, 0.29) is 11.0 Å². The molecule has 0 bridgehead atoms. The molecule has 1 aliphatic rings. The van der Waals surface area contributed by atoms with Crippen molar-refractivity contribution < 1.29 is 9.31 Å². The molecule has 0 aliphatic carbocycles. The summed E-state index contributed by atoms with van der Waals surface area (Å²) >= 11 is 5.92. The van der Waals surface area contributed by atoms with Crippen LogP contribution in [0.1, 0.15) is 33.4 Å². The van der Waals surface area contributed by atoms with Crippen molar-refractivity contribution in [2.75, 3.05) is 19.3 Å². The minimum absolute atomic E-state index is 0.187. The summed E-state index contributed by atoms with van der Waals surface area (Å²) in [7, 11) is 1.41. The van der Waals surface area contributed by atoms with Crippen LogP contribution in [0.3, 0.4) is 0 Å². The number of nitrogens with one attached hydrogen (secondary N) is 1. The van der Waals surface area contributed by atoms with E-state index >= 15 is 0 Å². The summed E-state index contributed by atoms with van der Waals surface area (Å²) in [5, 5.41) is 3.30. The van der Waals surface area contributed by atoms with Gasteiger partial charge < -0.3 is 20.4 Å². The Balaban J connectivity index is 2.31. The third kappa shape index (κ3) is 3.43. The maximum Gasteiger partial charge on any atom is 0.491 e. The number of rotatable bonds is 4. The van der Waals surface area contributed by atoms with Gasteiger partial charge in [0.25, 0.3) is 0 Å². The SMILES string of the molecule is CNCC(=Cc1cnc(N)c(Cl)n1)B1OC(C)(C)C(C)(C)O1. The molecular weight excluding hydrogens is 302 g/mol. The molecule has 1 aliphatic heterocycles. The molecule has 1 fully saturated rings. The second kappa shape index (κ2) is 6.16. The number of nitrogens with zero attached hydrogens (tertiary/aromatic N) is 2. The molecule has 22 heavy (non-hydrogen) atoms. The zero-order valence-electron chi connectivity index (χ0n) is 13.6. The largest absolute Gasteiger partial charge is 0.491 e. The van der Waals surface area contributed by atoms with Crippen molar-refractivity contribution >= 4 is 30.6 Å². The normalized spacial score (nSPS) is 20.5. The van der Waals surface area contributed by atoms with Gasteiger partial charge in [0.15, 0.2) is 11.0 Å². The summed E-state index contributed by atoms with van der Waals surface area (Å²) in [5.74, 6) is 0.213. The molecule has 120 valence electrons. The van der Waals surface area contributed by atoms with Gasteiger partial charge in [-0.05, 0) is 46.3 Å². The van der Waals surface area contributed by atoms with Crippen LogP contribution in [0.4, 0.5) is 5.82 Å². The summed E-state index contributed by atoms with van der Waals surface area (Å²) in [6.45, 7) is 8.67. The lowest BCUT2D eigenvalue weighted by atomic mass is 9.77. The second-order valence-corrected chi connectivity index (χ2v) is 6.67. The molecule has 1 saturated heterocycles. The van der Waals surface area contributed by atoms with Crippen LogP contribution < -0.4 is 11.1 Å². The highest BCUT2D eigenvalue weighted by molar-refractivity contribution is 6.55. The summed E-state index contributed by atoms with van der Waals surface area (Å²) in [6, 6.07) is 0. The molecule has 0 saturated carbocycles. The van der Waals surface area contributed by atoms with E-state index in [1.165, 1.54) is 0 Å². The van der Waals surface area contributed by atoms with E-state index in [2.05, 4.69) is 15.3 Å². The lowest BCUT2D eigenvalue weighted by Gasteiger charge is -2.32. The minimum Gasteiger partial charge on any atom is -0.400 e. The topological polar surface area (TPSA) is 82.3 Å². The maximum atomic E-state index is 6.07. The molecule has 0 unspecified atom stereocenters. The molecule has 8 heteroatoms. The maximum absolute atomic E-state index is 6.07. The predicted molar refractivity (Wildman–Crippen MR) is 89.4 cm³/mol. The van der Waals surface area contributed by atoms with Crippen LogP contribution in [0.5, 0.6) is 0 Å². The van der Waals surface area contributed by atoms with E-state index in [1.807, 2.05) is 40.8 Å². The van der Waals surface area contributed by atoms with E-state index in [1.54, 1.807) is 6.20 Å². The van der Waals surface area contributed by atoms with Gasteiger partial charge in [-0.25, -0.2) is 9.97 Å². The smallest absolute Gasteiger partial charge is 0.400 e. The molecule has 2 heterocycles. The zero-order chi connectivity index (χ0) is 16.5. The van der Waals surface area contributed by atoms with Crippen molar-refractivity contribution in [2.45, 2.75) is 38.9 Å². The number of hydrogen-bond acceptors (Lipinski definition) is 6. The predicted octanol–water partition coefficient (Wildman–Crippen LogP) is 1.95. The Morgan fingerprint density at radius 2 is 1.95 bits per heavy atom. The molecule has 0 atom stereocenters. The lowest BCUT2D eigenvalue weighted by Crippen LogP contribution is -2.41. The quantitative estimate of drug-likeness (QED) is 0.824. The molecule has 0 aromatic carbocycles.